The largest absolute Gasteiger partial charge is 0.313 e. The molecule has 12 heavy (non-hydrogen) atoms. The minimum Gasteiger partial charge on any atom is -0.313 e. The van der Waals surface area contributed by atoms with Crippen molar-refractivity contribution < 1.29 is 0 Å². The monoisotopic (exact) mass is 164 g/mol. The summed E-state index contributed by atoms with van der Waals surface area (Å²) in [7, 11) is 0. The highest BCUT2D eigenvalue weighted by atomic mass is 14.8. The summed E-state index contributed by atoms with van der Waals surface area (Å²) < 4.78 is 0. The lowest BCUT2D eigenvalue weighted by Gasteiger charge is -2.04. The van der Waals surface area contributed by atoms with Crippen LogP contribution < -0.4 is 5.32 Å². The van der Waals surface area contributed by atoms with Crippen molar-refractivity contribution in [1.82, 2.24) is 10.3 Å². The molecule has 0 aliphatic heterocycles. The van der Waals surface area contributed by atoms with Crippen LogP contribution >= 0.6 is 0 Å². The molecule has 1 aromatic heterocycles. The number of nitrogens with one attached hydrogen (secondary N) is 1. The van der Waals surface area contributed by atoms with E-state index in [0.717, 1.165) is 18.8 Å². The Bertz CT molecular complexity index is 233. The molecule has 0 bridgehead atoms. The zero-order valence-electron chi connectivity index (χ0n) is 7.80. The van der Waals surface area contributed by atoms with E-state index in [1.54, 1.807) is 0 Å². The Hall–Kier alpha value is -0.890. The summed E-state index contributed by atoms with van der Waals surface area (Å²) in [6.45, 7) is 6.23. The van der Waals surface area contributed by atoms with Crippen LogP contribution in [0.1, 0.15) is 24.6 Å². The Balaban J connectivity index is 2.46. The molecule has 0 saturated carbocycles. The maximum absolute atomic E-state index is 4.22. The predicted molar refractivity (Wildman–Crippen MR) is 51.0 cm³/mol. The SMILES string of the molecule is CCCNCc1cccnc1C. The van der Waals surface area contributed by atoms with E-state index < -0.39 is 0 Å². The first kappa shape index (κ1) is 9.20. The summed E-state index contributed by atoms with van der Waals surface area (Å²) in [5.41, 5.74) is 2.42. The van der Waals surface area contributed by atoms with Crippen molar-refractivity contribution in [2.24, 2.45) is 0 Å². The van der Waals surface area contributed by atoms with E-state index in [9.17, 15) is 0 Å². The molecule has 0 aromatic carbocycles. The van der Waals surface area contributed by atoms with Crippen molar-refractivity contribution in [2.75, 3.05) is 6.54 Å². The van der Waals surface area contributed by atoms with Gasteiger partial charge in [0.25, 0.3) is 0 Å². The molecule has 1 heterocycles. The second-order valence-corrected chi connectivity index (χ2v) is 2.92. The first-order valence-electron chi connectivity index (χ1n) is 4.45. The third-order valence-electron chi connectivity index (χ3n) is 1.86. The van der Waals surface area contributed by atoms with Gasteiger partial charge in [-0.05, 0) is 31.5 Å². The molecule has 0 saturated heterocycles. The van der Waals surface area contributed by atoms with Crippen LogP contribution in [0.5, 0.6) is 0 Å². The average molecular weight is 164 g/mol. The number of nitrogens with zero attached hydrogens (tertiary/aromatic N) is 1. The van der Waals surface area contributed by atoms with Crippen LogP contribution in [0.15, 0.2) is 18.3 Å². The molecule has 2 nitrogen and oxygen atoms in total. The summed E-state index contributed by atoms with van der Waals surface area (Å²) in [5.74, 6) is 0. The van der Waals surface area contributed by atoms with Crippen LogP contribution in [0.4, 0.5) is 0 Å². The summed E-state index contributed by atoms with van der Waals surface area (Å²) in [5, 5.41) is 3.35. The molecule has 0 fully saturated rings. The highest BCUT2D eigenvalue weighted by Gasteiger charge is 1.95. The topological polar surface area (TPSA) is 24.9 Å². The lowest BCUT2D eigenvalue weighted by atomic mass is 10.2. The number of pyridine rings is 1. The van der Waals surface area contributed by atoms with Crippen LogP contribution in [0.3, 0.4) is 0 Å². The lowest BCUT2D eigenvalue weighted by molar-refractivity contribution is 0.671. The predicted octanol–water partition coefficient (Wildman–Crippen LogP) is 1.89. The van der Waals surface area contributed by atoms with Gasteiger partial charge in [0.1, 0.15) is 0 Å². The molecule has 2 heteroatoms. The highest BCUT2D eigenvalue weighted by Crippen LogP contribution is 2.02. The highest BCUT2D eigenvalue weighted by molar-refractivity contribution is 5.17. The minimum absolute atomic E-state index is 0.938. The van der Waals surface area contributed by atoms with Gasteiger partial charge in [-0.15, -0.1) is 0 Å². The first-order valence-corrected chi connectivity index (χ1v) is 4.45. The van der Waals surface area contributed by atoms with E-state index in [1.807, 2.05) is 19.2 Å². The van der Waals surface area contributed by atoms with Gasteiger partial charge in [-0.2, -0.15) is 0 Å². The maximum Gasteiger partial charge on any atom is 0.0417 e. The molecule has 1 N–H and O–H groups in total. The summed E-state index contributed by atoms with van der Waals surface area (Å²) in [6, 6.07) is 4.10. The zero-order chi connectivity index (χ0) is 8.81. The van der Waals surface area contributed by atoms with Crippen LogP contribution in [0.25, 0.3) is 0 Å². The van der Waals surface area contributed by atoms with E-state index in [1.165, 1.54) is 12.0 Å². The molecule has 0 atom stereocenters. The van der Waals surface area contributed by atoms with E-state index >= 15 is 0 Å². The Morgan fingerprint density at radius 3 is 3.00 bits per heavy atom. The molecular formula is C10H16N2. The van der Waals surface area contributed by atoms with E-state index in [-0.39, 0.29) is 0 Å². The van der Waals surface area contributed by atoms with Gasteiger partial charge in [0.05, 0.1) is 0 Å². The number of hydrogen-bond acceptors (Lipinski definition) is 2. The lowest BCUT2D eigenvalue weighted by Crippen LogP contribution is -2.14. The molecule has 66 valence electrons. The normalized spacial score (nSPS) is 10.2. The van der Waals surface area contributed by atoms with Gasteiger partial charge in [-0.1, -0.05) is 13.0 Å². The fourth-order valence-corrected chi connectivity index (χ4v) is 1.10. The number of hydrogen-bond donors (Lipinski definition) is 1. The minimum atomic E-state index is 0.938. The van der Waals surface area contributed by atoms with Gasteiger partial charge in [0.15, 0.2) is 0 Å². The van der Waals surface area contributed by atoms with E-state index in [0.29, 0.717) is 0 Å². The molecule has 0 aliphatic carbocycles. The van der Waals surface area contributed by atoms with Crippen LogP contribution in [0.2, 0.25) is 0 Å². The van der Waals surface area contributed by atoms with E-state index in [4.69, 9.17) is 0 Å². The second kappa shape index (κ2) is 4.88. The fourth-order valence-electron chi connectivity index (χ4n) is 1.10. The zero-order valence-corrected chi connectivity index (χ0v) is 7.80. The molecule has 0 aliphatic rings. The van der Waals surface area contributed by atoms with Gasteiger partial charge >= 0.3 is 0 Å². The van der Waals surface area contributed by atoms with Gasteiger partial charge in [0.2, 0.25) is 0 Å². The number of aryl methyl sites for hydroxylation is 1. The Morgan fingerprint density at radius 2 is 2.33 bits per heavy atom. The summed E-state index contributed by atoms with van der Waals surface area (Å²) in [6.07, 6.45) is 3.01. The smallest absolute Gasteiger partial charge is 0.0417 e. The molecular weight excluding hydrogens is 148 g/mol. The molecule has 1 rings (SSSR count). The van der Waals surface area contributed by atoms with Gasteiger partial charge in [0, 0.05) is 18.4 Å². The fraction of sp³-hybridized carbons (Fsp3) is 0.500. The first-order chi connectivity index (χ1) is 5.84. The van der Waals surface area contributed by atoms with Crippen molar-refractivity contribution >= 4 is 0 Å². The van der Waals surface area contributed by atoms with Crippen LogP contribution in [-0.2, 0) is 6.54 Å². The Morgan fingerprint density at radius 1 is 1.50 bits per heavy atom. The third kappa shape index (κ3) is 2.62. The molecule has 0 spiro atoms. The van der Waals surface area contributed by atoms with Gasteiger partial charge in [-0.25, -0.2) is 0 Å². The van der Waals surface area contributed by atoms with E-state index in [2.05, 4.69) is 23.3 Å². The molecule has 0 unspecified atom stereocenters. The van der Waals surface area contributed by atoms with Gasteiger partial charge in [-0.3, -0.25) is 4.98 Å². The van der Waals surface area contributed by atoms with Crippen molar-refractivity contribution in [1.29, 1.82) is 0 Å². The van der Waals surface area contributed by atoms with Gasteiger partial charge < -0.3 is 5.32 Å². The van der Waals surface area contributed by atoms with Crippen LogP contribution in [0, 0.1) is 6.92 Å². The summed E-state index contributed by atoms with van der Waals surface area (Å²) >= 11 is 0. The second-order valence-electron chi connectivity index (χ2n) is 2.92. The van der Waals surface area contributed by atoms with Crippen LogP contribution in [-0.4, -0.2) is 11.5 Å². The standard InChI is InChI=1S/C10H16N2/c1-3-6-11-8-10-5-4-7-12-9(10)2/h4-5,7,11H,3,6,8H2,1-2H3. The Kier molecular flexibility index (Phi) is 3.74. The number of aromatic nitrogens is 1. The maximum atomic E-state index is 4.22. The van der Waals surface area contributed by atoms with Crippen molar-refractivity contribution in [3.8, 4) is 0 Å². The molecule has 0 radical (unpaired) electrons. The van der Waals surface area contributed by atoms with Crippen molar-refractivity contribution in [3.63, 3.8) is 0 Å². The summed E-state index contributed by atoms with van der Waals surface area (Å²) in [4.78, 5) is 4.22. The Labute approximate surface area is 74.0 Å². The average Bonchev–Trinajstić information content (AvgIpc) is 2.09. The number of rotatable bonds is 4. The quantitative estimate of drug-likeness (QED) is 0.687. The van der Waals surface area contributed by atoms with Crippen molar-refractivity contribution in [3.05, 3.63) is 29.6 Å². The third-order valence-corrected chi connectivity index (χ3v) is 1.86. The molecule has 0 amide bonds. The van der Waals surface area contributed by atoms with Crippen molar-refractivity contribution in [2.45, 2.75) is 26.8 Å². The molecule has 1 aromatic rings.